The van der Waals surface area contributed by atoms with Gasteiger partial charge in [0.15, 0.2) is 11.5 Å². The maximum Gasteiger partial charge on any atom is 0.200 e. The first-order valence-electron chi connectivity index (χ1n) is 6.62. The van der Waals surface area contributed by atoms with E-state index >= 15 is 0 Å². The molecule has 2 N–H and O–H groups in total. The molecule has 0 aliphatic carbocycles. The number of ether oxygens (including phenoxy) is 1. The van der Waals surface area contributed by atoms with Crippen LogP contribution < -0.4 is 4.74 Å². The van der Waals surface area contributed by atoms with Gasteiger partial charge in [-0.15, -0.1) is 0 Å². The highest BCUT2D eigenvalue weighted by Gasteiger charge is 2.09. The average molecular weight is 270 g/mol. The fourth-order valence-electron chi connectivity index (χ4n) is 1.79. The number of hydrogen-bond donors (Lipinski definition) is 2. The maximum atomic E-state index is 9.73. The standard InChI is InChI=1S/C17H18O3/c1-2-10-20-16-12-14(11-15(18)17(16)19)9-8-13-6-4-3-5-7-13/h3-9,11-12,18-19H,2,10H2,1H3/b9-8+. The van der Waals surface area contributed by atoms with Gasteiger partial charge in [-0.1, -0.05) is 49.4 Å². The van der Waals surface area contributed by atoms with Crippen LogP contribution in [-0.4, -0.2) is 16.8 Å². The van der Waals surface area contributed by atoms with E-state index in [0.717, 1.165) is 17.5 Å². The maximum absolute atomic E-state index is 9.73. The Morgan fingerprint density at radius 1 is 1.00 bits per heavy atom. The van der Waals surface area contributed by atoms with Crippen molar-refractivity contribution < 1.29 is 14.9 Å². The molecule has 0 bridgehead atoms. The van der Waals surface area contributed by atoms with E-state index in [1.54, 1.807) is 6.07 Å². The molecule has 3 heteroatoms. The molecule has 20 heavy (non-hydrogen) atoms. The Morgan fingerprint density at radius 2 is 1.70 bits per heavy atom. The highest BCUT2D eigenvalue weighted by atomic mass is 16.5. The van der Waals surface area contributed by atoms with Crippen molar-refractivity contribution in [1.82, 2.24) is 0 Å². The summed E-state index contributed by atoms with van der Waals surface area (Å²) in [5.41, 5.74) is 1.84. The van der Waals surface area contributed by atoms with Gasteiger partial charge in [0.2, 0.25) is 5.75 Å². The third-order valence-electron chi connectivity index (χ3n) is 2.81. The Hall–Kier alpha value is -2.42. The first kappa shape index (κ1) is 14.0. The molecule has 2 aromatic carbocycles. The molecule has 0 atom stereocenters. The summed E-state index contributed by atoms with van der Waals surface area (Å²) < 4.78 is 5.42. The first-order chi connectivity index (χ1) is 9.70. The van der Waals surface area contributed by atoms with Crippen LogP contribution in [0.2, 0.25) is 0 Å². The van der Waals surface area contributed by atoms with Gasteiger partial charge >= 0.3 is 0 Å². The van der Waals surface area contributed by atoms with Crippen LogP contribution >= 0.6 is 0 Å². The lowest BCUT2D eigenvalue weighted by Crippen LogP contribution is -1.95. The van der Waals surface area contributed by atoms with E-state index in [-0.39, 0.29) is 11.5 Å². The second-order valence-corrected chi connectivity index (χ2v) is 4.48. The third-order valence-corrected chi connectivity index (χ3v) is 2.81. The van der Waals surface area contributed by atoms with Gasteiger partial charge in [0, 0.05) is 0 Å². The average Bonchev–Trinajstić information content (AvgIpc) is 2.48. The van der Waals surface area contributed by atoms with Crippen molar-refractivity contribution in [3.8, 4) is 17.2 Å². The first-order valence-corrected chi connectivity index (χ1v) is 6.62. The Kier molecular flexibility index (Phi) is 4.66. The highest BCUT2D eigenvalue weighted by molar-refractivity contribution is 5.72. The lowest BCUT2D eigenvalue weighted by atomic mass is 10.1. The highest BCUT2D eigenvalue weighted by Crippen LogP contribution is 2.37. The molecule has 0 radical (unpaired) electrons. The van der Waals surface area contributed by atoms with E-state index in [1.165, 1.54) is 6.07 Å². The predicted octanol–water partition coefficient (Wildman–Crippen LogP) is 4.06. The molecular weight excluding hydrogens is 252 g/mol. The fraction of sp³-hybridized carbons (Fsp3) is 0.176. The zero-order chi connectivity index (χ0) is 14.4. The number of rotatable bonds is 5. The fourth-order valence-corrected chi connectivity index (χ4v) is 1.79. The Bertz CT molecular complexity index is 589. The van der Waals surface area contributed by atoms with Crippen molar-refractivity contribution in [2.45, 2.75) is 13.3 Å². The van der Waals surface area contributed by atoms with Crippen molar-refractivity contribution in [3.63, 3.8) is 0 Å². The molecule has 0 fully saturated rings. The minimum absolute atomic E-state index is 0.175. The molecule has 0 saturated carbocycles. The Morgan fingerprint density at radius 3 is 2.40 bits per heavy atom. The molecule has 0 spiro atoms. The summed E-state index contributed by atoms with van der Waals surface area (Å²) in [5, 5.41) is 19.4. The lowest BCUT2D eigenvalue weighted by molar-refractivity contribution is 0.292. The van der Waals surface area contributed by atoms with Crippen LogP contribution in [0, 0.1) is 0 Å². The van der Waals surface area contributed by atoms with Crippen LogP contribution in [0.4, 0.5) is 0 Å². The van der Waals surface area contributed by atoms with E-state index in [4.69, 9.17) is 4.74 Å². The monoisotopic (exact) mass is 270 g/mol. The number of benzene rings is 2. The molecule has 0 amide bonds. The zero-order valence-electron chi connectivity index (χ0n) is 11.4. The smallest absolute Gasteiger partial charge is 0.200 e. The van der Waals surface area contributed by atoms with Crippen molar-refractivity contribution in [2.24, 2.45) is 0 Å². The molecule has 0 unspecified atom stereocenters. The second-order valence-electron chi connectivity index (χ2n) is 4.48. The summed E-state index contributed by atoms with van der Waals surface area (Å²) in [7, 11) is 0. The molecule has 2 rings (SSSR count). The molecule has 104 valence electrons. The Labute approximate surface area is 118 Å². The number of aromatic hydroxyl groups is 2. The third kappa shape index (κ3) is 3.54. The van der Waals surface area contributed by atoms with E-state index in [0.29, 0.717) is 12.4 Å². The number of phenols is 2. The SMILES string of the molecule is CCCOc1cc(/C=C/c2ccccc2)cc(O)c1O. The van der Waals surface area contributed by atoms with E-state index < -0.39 is 0 Å². The van der Waals surface area contributed by atoms with Crippen molar-refractivity contribution in [2.75, 3.05) is 6.61 Å². The molecule has 0 aromatic heterocycles. The predicted molar refractivity (Wildman–Crippen MR) is 80.9 cm³/mol. The van der Waals surface area contributed by atoms with Gasteiger partial charge in [0.05, 0.1) is 6.61 Å². The zero-order valence-corrected chi connectivity index (χ0v) is 11.4. The van der Waals surface area contributed by atoms with E-state index in [2.05, 4.69) is 0 Å². The lowest BCUT2D eigenvalue weighted by Gasteiger charge is -2.09. The van der Waals surface area contributed by atoms with Gasteiger partial charge in [0.1, 0.15) is 0 Å². The summed E-state index contributed by atoms with van der Waals surface area (Å²) in [5.74, 6) is -0.0822. The second kappa shape index (κ2) is 6.66. The minimum Gasteiger partial charge on any atom is -0.504 e. The molecule has 2 aromatic rings. The molecule has 0 heterocycles. The van der Waals surface area contributed by atoms with Gasteiger partial charge in [-0.25, -0.2) is 0 Å². The number of hydrogen-bond acceptors (Lipinski definition) is 3. The summed E-state index contributed by atoms with van der Waals surface area (Å²) in [4.78, 5) is 0. The van der Waals surface area contributed by atoms with Crippen LogP contribution in [0.15, 0.2) is 42.5 Å². The van der Waals surface area contributed by atoms with Gasteiger partial charge in [0.25, 0.3) is 0 Å². The number of phenolic OH excluding ortho intramolecular Hbond substituents is 2. The van der Waals surface area contributed by atoms with Crippen LogP contribution in [0.3, 0.4) is 0 Å². The van der Waals surface area contributed by atoms with Gasteiger partial charge in [-0.2, -0.15) is 0 Å². The van der Waals surface area contributed by atoms with Crippen LogP contribution in [-0.2, 0) is 0 Å². The minimum atomic E-state index is -0.213. The molecule has 0 saturated heterocycles. The van der Waals surface area contributed by atoms with Crippen LogP contribution in [0.1, 0.15) is 24.5 Å². The van der Waals surface area contributed by atoms with Crippen molar-refractivity contribution in [3.05, 3.63) is 53.6 Å². The Balaban J connectivity index is 2.24. The summed E-state index contributed by atoms with van der Waals surface area (Å²) >= 11 is 0. The topological polar surface area (TPSA) is 49.7 Å². The van der Waals surface area contributed by atoms with Gasteiger partial charge < -0.3 is 14.9 Å². The van der Waals surface area contributed by atoms with E-state index in [9.17, 15) is 10.2 Å². The summed E-state index contributed by atoms with van der Waals surface area (Å²) in [6.07, 6.45) is 4.65. The van der Waals surface area contributed by atoms with Crippen molar-refractivity contribution >= 4 is 12.2 Å². The molecular formula is C17H18O3. The van der Waals surface area contributed by atoms with Crippen LogP contribution in [0.25, 0.3) is 12.2 Å². The molecule has 0 aliphatic rings. The normalized spacial score (nSPS) is 10.8. The molecule has 0 aliphatic heterocycles. The van der Waals surface area contributed by atoms with E-state index in [1.807, 2.05) is 49.4 Å². The van der Waals surface area contributed by atoms with Crippen molar-refractivity contribution in [1.29, 1.82) is 0 Å². The van der Waals surface area contributed by atoms with Gasteiger partial charge in [-0.05, 0) is 29.7 Å². The van der Waals surface area contributed by atoms with Crippen LogP contribution in [0.5, 0.6) is 17.2 Å². The largest absolute Gasteiger partial charge is 0.504 e. The summed E-state index contributed by atoms with van der Waals surface area (Å²) in [6.45, 7) is 2.48. The molecule has 3 nitrogen and oxygen atoms in total. The quantitative estimate of drug-likeness (QED) is 0.636. The summed E-state index contributed by atoms with van der Waals surface area (Å²) in [6, 6.07) is 13.1. The van der Waals surface area contributed by atoms with Gasteiger partial charge in [-0.3, -0.25) is 0 Å².